The number of methoxy groups -OCH3 is 1. The number of halogens is 4. The van der Waals surface area contributed by atoms with Gasteiger partial charge in [-0.05, 0) is 24.3 Å². The molecule has 3 rings (SSSR count). The minimum absolute atomic E-state index is 0.0744. The van der Waals surface area contributed by atoms with Gasteiger partial charge >= 0.3 is 6.18 Å². The van der Waals surface area contributed by atoms with Crippen LogP contribution in [-0.4, -0.2) is 22.1 Å². The Labute approximate surface area is 139 Å². The molecule has 1 aromatic carbocycles. The highest BCUT2D eigenvalue weighted by atomic mass is 19.4. The molecule has 2 aromatic heterocycles. The number of benzene rings is 1. The van der Waals surface area contributed by atoms with Crippen LogP contribution in [0.2, 0.25) is 0 Å². The zero-order valence-corrected chi connectivity index (χ0v) is 12.9. The molecule has 0 aliphatic heterocycles. The summed E-state index contributed by atoms with van der Waals surface area (Å²) in [5.74, 6) is -0.366. The van der Waals surface area contributed by atoms with Gasteiger partial charge in [0, 0.05) is 11.8 Å². The molecule has 2 heterocycles. The van der Waals surface area contributed by atoms with Gasteiger partial charge in [-0.3, -0.25) is 0 Å². The molecule has 3 aromatic rings. The molecule has 0 atom stereocenters. The van der Waals surface area contributed by atoms with Crippen molar-refractivity contribution in [2.75, 3.05) is 12.8 Å². The largest absolute Gasteiger partial charge is 0.493 e. The highest BCUT2D eigenvalue weighted by molar-refractivity contribution is 5.67. The number of nitrogens with two attached hydrogens (primary N) is 1. The maximum atomic E-state index is 14.0. The lowest BCUT2D eigenvalue weighted by atomic mass is 10.1. The van der Waals surface area contributed by atoms with Crippen molar-refractivity contribution < 1.29 is 22.3 Å². The number of rotatable bonds is 3. The van der Waals surface area contributed by atoms with Gasteiger partial charge in [-0.25, -0.2) is 14.4 Å². The minimum atomic E-state index is -4.61. The lowest BCUT2D eigenvalue weighted by Crippen LogP contribution is -2.05. The number of aromatic amines is 1. The minimum Gasteiger partial charge on any atom is -0.493 e. The van der Waals surface area contributed by atoms with E-state index in [1.54, 1.807) is 6.07 Å². The first-order chi connectivity index (χ1) is 11.8. The summed E-state index contributed by atoms with van der Waals surface area (Å²) < 4.78 is 57.0. The number of hydrogen-bond donors (Lipinski definition) is 2. The van der Waals surface area contributed by atoms with Crippen LogP contribution in [0.3, 0.4) is 0 Å². The Kier molecular flexibility index (Phi) is 4.07. The van der Waals surface area contributed by atoms with Crippen LogP contribution in [0.4, 0.5) is 23.4 Å². The maximum Gasteiger partial charge on any atom is 0.416 e. The number of H-pyrrole nitrogens is 1. The Bertz CT molecular complexity index is 921. The van der Waals surface area contributed by atoms with Crippen LogP contribution in [0.5, 0.6) is 5.75 Å². The van der Waals surface area contributed by atoms with E-state index in [0.717, 1.165) is 12.1 Å². The summed E-state index contributed by atoms with van der Waals surface area (Å²) in [6.45, 7) is 0. The summed E-state index contributed by atoms with van der Waals surface area (Å²) in [6.07, 6.45) is -1.72. The standard InChI is InChI=1S/C16H12F4N4O/c1-25-13-4-8(6-22-14(13)21)12-7-23-15(24-12)10-3-2-9(5-11(10)17)16(18,19)20/h2-7H,1H3,(H2,21,22)(H,23,24). The fourth-order valence-corrected chi connectivity index (χ4v) is 2.25. The number of nitrogens with zero attached hydrogens (tertiary/aromatic N) is 2. The van der Waals surface area contributed by atoms with Crippen molar-refractivity contribution in [1.82, 2.24) is 15.0 Å². The van der Waals surface area contributed by atoms with Gasteiger partial charge in [0.25, 0.3) is 0 Å². The van der Waals surface area contributed by atoms with Crippen LogP contribution in [0.25, 0.3) is 22.6 Å². The molecule has 0 radical (unpaired) electrons. The molecule has 0 aliphatic rings. The van der Waals surface area contributed by atoms with Crippen molar-refractivity contribution in [2.45, 2.75) is 6.18 Å². The fraction of sp³-hybridized carbons (Fsp3) is 0.125. The molecule has 5 nitrogen and oxygen atoms in total. The summed E-state index contributed by atoms with van der Waals surface area (Å²) in [5, 5.41) is 0. The van der Waals surface area contributed by atoms with Crippen molar-refractivity contribution in [3.05, 3.63) is 48.0 Å². The molecule has 0 saturated heterocycles. The van der Waals surface area contributed by atoms with E-state index in [9.17, 15) is 17.6 Å². The topological polar surface area (TPSA) is 76.8 Å². The molecule has 0 saturated carbocycles. The van der Waals surface area contributed by atoms with Crippen molar-refractivity contribution in [3.63, 3.8) is 0 Å². The van der Waals surface area contributed by atoms with Gasteiger partial charge in [0.05, 0.1) is 30.1 Å². The molecule has 130 valence electrons. The Morgan fingerprint density at radius 2 is 1.88 bits per heavy atom. The number of aromatic nitrogens is 3. The average molecular weight is 352 g/mol. The molecule has 0 amide bonds. The van der Waals surface area contributed by atoms with Gasteiger partial charge in [-0.2, -0.15) is 13.2 Å². The fourth-order valence-electron chi connectivity index (χ4n) is 2.25. The number of nitrogens with one attached hydrogen (secondary N) is 1. The number of alkyl halides is 3. The third-order valence-corrected chi connectivity index (χ3v) is 3.54. The Balaban J connectivity index is 1.97. The first-order valence-electron chi connectivity index (χ1n) is 7.01. The van der Waals surface area contributed by atoms with E-state index < -0.39 is 17.6 Å². The van der Waals surface area contributed by atoms with Gasteiger partial charge in [0.15, 0.2) is 11.6 Å². The lowest BCUT2D eigenvalue weighted by Gasteiger charge is -2.08. The van der Waals surface area contributed by atoms with Crippen LogP contribution in [0.15, 0.2) is 36.7 Å². The van der Waals surface area contributed by atoms with Gasteiger partial charge in [0.2, 0.25) is 0 Å². The summed E-state index contributed by atoms with van der Waals surface area (Å²) in [4.78, 5) is 10.8. The molecule has 0 fully saturated rings. The number of pyridine rings is 1. The Morgan fingerprint density at radius 1 is 1.12 bits per heavy atom. The average Bonchev–Trinajstić information content (AvgIpc) is 3.04. The second-order valence-electron chi connectivity index (χ2n) is 5.15. The highest BCUT2D eigenvalue weighted by Crippen LogP contribution is 2.33. The molecular weight excluding hydrogens is 340 g/mol. The van der Waals surface area contributed by atoms with E-state index >= 15 is 0 Å². The second-order valence-corrected chi connectivity index (χ2v) is 5.15. The number of anilines is 1. The Morgan fingerprint density at radius 3 is 2.52 bits per heavy atom. The van der Waals surface area contributed by atoms with Gasteiger partial charge in [0.1, 0.15) is 11.6 Å². The molecule has 25 heavy (non-hydrogen) atoms. The predicted octanol–water partition coefficient (Wildman–Crippen LogP) is 3.89. The molecule has 9 heteroatoms. The molecule has 0 bridgehead atoms. The summed E-state index contributed by atoms with van der Waals surface area (Å²) >= 11 is 0. The maximum absolute atomic E-state index is 14.0. The molecule has 0 spiro atoms. The van der Waals surface area contributed by atoms with E-state index in [-0.39, 0.29) is 17.2 Å². The quantitative estimate of drug-likeness (QED) is 0.701. The van der Waals surface area contributed by atoms with Crippen LogP contribution in [0, 0.1) is 5.82 Å². The first kappa shape index (κ1) is 16.7. The highest BCUT2D eigenvalue weighted by Gasteiger charge is 2.31. The summed E-state index contributed by atoms with van der Waals surface area (Å²) in [6, 6.07) is 3.88. The van der Waals surface area contributed by atoms with E-state index in [0.29, 0.717) is 23.1 Å². The van der Waals surface area contributed by atoms with Gasteiger partial charge in [-0.15, -0.1) is 0 Å². The lowest BCUT2D eigenvalue weighted by molar-refractivity contribution is -0.137. The van der Waals surface area contributed by atoms with Crippen molar-refractivity contribution in [1.29, 1.82) is 0 Å². The molecular formula is C16H12F4N4O. The zero-order chi connectivity index (χ0) is 18.2. The normalized spacial score (nSPS) is 11.6. The van der Waals surface area contributed by atoms with Crippen LogP contribution in [0.1, 0.15) is 5.56 Å². The molecule has 3 N–H and O–H groups in total. The summed E-state index contributed by atoms with van der Waals surface area (Å²) in [5.41, 5.74) is 5.57. The van der Waals surface area contributed by atoms with E-state index in [4.69, 9.17) is 10.5 Å². The van der Waals surface area contributed by atoms with Crippen LogP contribution >= 0.6 is 0 Å². The van der Waals surface area contributed by atoms with E-state index in [1.165, 1.54) is 19.5 Å². The zero-order valence-electron chi connectivity index (χ0n) is 12.9. The van der Waals surface area contributed by atoms with Crippen molar-refractivity contribution in [3.8, 4) is 28.4 Å². The smallest absolute Gasteiger partial charge is 0.416 e. The first-order valence-corrected chi connectivity index (χ1v) is 7.01. The summed E-state index contributed by atoms with van der Waals surface area (Å²) in [7, 11) is 1.44. The van der Waals surface area contributed by atoms with Crippen LogP contribution in [-0.2, 0) is 6.18 Å². The van der Waals surface area contributed by atoms with Crippen LogP contribution < -0.4 is 10.5 Å². The SMILES string of the molecule is COc1cc(-c2cnc(-c3ccc(C(F)(F)F)cc3F)[nH]2)cnc1N. The van der Waals surface area contributed by atoms with E-state index in [1.807, 2.05) is 0 Å². The number of nitrogen functional groups attached to an aromatic ring is 1. The Hall–Kier alpha value is -3.10. The van der Waals surface area contributed by atoms with Crippen molar-refractivity contribution >= 4 is 5.82 Å². The van der Waals surface area contributed by atoms with Gasteiger partial charge in [-0.1, -0.05) is 0 Å². The number of imidazole rings is 1. The van der Waals surface area contributed by atoms with E-state index in [2.05, 4.69) is 15.0 Å². The third-order valence-electron chi connectivity index (χ3n) is 3.54. The second kappa shape index (κ2) is 6.08. The third kappa shape index (κ3) is 3.25. The van der Waals surface area contributed by atoms with Crippen molar-refractivity contribution in [2.24, 2.45) is 0 Å². The molecule has 0 unspecified atom stereocenters. The van der Waals surface area contributed by atoms with Gasteiger partial charge < -0.3 is 15.5 Å². The number of ether oxygens (including phenoxy) is 1. The molecule has 0 aliphatic carbocycles. The monoisotopic (exact) mass is 352 g/mol. The number of hydrogen-bond acceptors (Lipinski definition) is 4. The predicted molar refractivity (Wildman–Crippen MR) is 83.2 cm³/mol.